The number of rotatable bonds is 10. The van der Waals surface area contributed by atoms with Crippen LogP contribution < -0.4 is 15.5 Å². The first-order chi connectivity index (χ1) is 19.2. The third kappa shape index (κ3) is 7.44. The number of nitrogens with one attached hydrogen (secondary N) is 2. The highest BCUT2D eigenvalue weighted by Crippen LogP contribution is 2.29. The van der Waals surface area contributed by atoms with Crippen molar-refractivity contribution in [2.75, 3.05) is 62.8 Å². The number of ether oxygens (including phenoxy) is 2. The highest BCUT2D eigenvalue weighted by molar-refractivity contribution is 6.02. The van der Waals surface area contributed by atoms with Gasteiger partial charge in [-0.1, -0.05) is 54.6 Å². The molecule has 0 aromatic heterocycles. The summed E-state index contributed by atoms with van der Waals surface area (Å²) in [6.45, 7) is 6.39. The number of nitrogens with zero attached hydrogens (tertiary/aromatic N) is 2. The molecule has 204 valence electrons. The fourth-order valence-corrected chi connectivity index (χ4v) is 5.05. The summed E-state index contributed by atoms with van der Waals surface area (Å²) in [6.07, 6.45) is 0.922. The summed E-state index contributed by atoms with van der Waals surface area (Å²) in [5, 5.41) is 5.98. The molecule has 3 aromatic carbocycles. The number of hydrogen-bond acceptors (Lipinski definition) is 6. The maximum Gasteiger partial charge on any atom is 0.253 e. The minimum atomic E-state index is -0.260. The molecular formula is C31H36N4O4. The Balaban J connectivity index is 1.26. The largest absolute Gasteiger partial charge is 0.379 e. The lowest BCUT2D eigenvalue weighted by Crippen LogP contribution is -2.41. The van der Waals surface area contributed by atoms with Gasteiger partial charge >= 0.3 is 0 Å². The Morgan fingerprint density at radius 1 is 0.897 bits per heavy atom. The van der Waals surface area contributed by atoms with Gasteiger partial charge in [0.1, 0.15) is 6.61 Å². The molecule has 8 nitrogen and oxygen atoms in total. The van der Waals surface area contributed by atoms with Crippen LogP contribution in [0.4, 0.5) is 11.4 Å². The van der Waals surface area contributed by atoms with Crippen LogP contribution in [0.15, 0.2) is 72.8 Å². The van der Waals surface area contributed by atoms with Crippen LogP contribution in [0.5, 0.6) is 0 Å². The van der Waals surface area contributed by atoms with Crippen molar-refractivity contribution in [3.8, 4) is 0 Å². The maximum absolute atomic E-state index is 13.4. The molecule has 0 aliphatic carbocycles. The van der Waals surface area contributed by atoms with Crippen molar-refractivity contribution in [1.29, 1.82) is 0 Å². The summed E-state index contributed by atoms with van der Waals surface area (Å²) >= 11 is 0. The van der Waals surface area contributed by atoms with E-state index in [1.807, 2.05) is 42.5 Å². The van der Waals surface area contributed by atoms with Crippen LogP contribution in [-0.4, -0.2) is 69.3 Å². The van der Waals surface area contributed by atoms with E-state index in [1.165, 1.54) is 11.1 Å². The van der Waals surface area contributed by atoms with E-state index in [-0.39, 0.29) is 18.4 Å². The SMILES string of the molecule is O=C(COCc1ccccc1)Nc1ccc(N2CCc3ccccc3C2)c(C(=O)NCCN2CCOCC2)c1. The smallest absolute Gasteiger partial charge is 0.253 e. The van der Waals surface area contributed by atoms with Crippen molar-refractivity contribution in [3.63, 3.8) is 0 Å². The molecule has 3 aromatic rings. The average molecular weight is 529 g/mol. The molecule has 0 atom stereocenters. The molecule has 2 heterocycles. The van der Waals surface area contributed by atoms with E-state index >= 15 is 0 Å². The Bertz CT molecular complexity index is 1260. The topological polar surface area (TPSA) is 83.1 Å². The number of carbonyl (C=O) groups excluding carboxylic acids is 2. The van der Waals surface area contributed by atoms with Crippen LogP contribution in [0.2, 0.25) is 0 Å². The van der Waals surface area contributed by atoms with Crippen LogP contribution >= 0.6 is 0 Å². The molecule has 0 bridgehead atoms. The third-order valence-electron chi connectivity index (χ3n) is 7.16. The van der Waals surface area contributed by atoms with Crippen molar-refractivity contribution in [2.24, 2.45) is 0 Å². The van der Waals surface area contributed by atoms with Crippen LogP contribution in [0.25, 0.3) is 0 Å². The van der Waals surface area contributed by atoms with Gasteiger partial charge in [0.15, 0.2) is 0 Å². The number of benzene rings is 3. The molecule has 1 fully saturated rings. The van der Waals surface area contributed by atoms with E-state index in [1.54, 1.807) is 6.07 Å². The lowest BCUT2D eigenvalue weighted by molar-refractivity contribution is -0.121. The fourth-order valence-electron chi connectivity index (χ4n) is 5.05. The Labute approximate surface area is 229 Å². The second kappa shape index (κ2) is 13.4. The molecule has 5 rings (SSSR count). The van der Waals surface area contributed by atoms with Gasteiger partial charge < -0.3 is 25.0 Å². The van der Waals surface area contributed by atoms with Crippen molar-refractivity contribution < 1.29 is 19.1 Å². The van der Waals surface area contributed by atoms with Crippen molar-refractivity contribution in [1.82, 2.24) is 10.2 Å². The quantitative estimate of drug-likeness (QED) is 0.420. The predicted molar refractivity (Wildman–Crippen MR) is 152 cm³/mol. The minimum absolute atomic E-state index is 0.0688. The van der Waals surface area contributed by atoms with Gasteiger partial charge in [-0.15, -0.1) is 0 Å². The van der Waals surface area contributed by atoms with Gasteiger partial charge in [-0.25, -0.2) is 0 Å². The van der Waals surface area contributed by atoms with Crippen molar-refractivity contribution in [2.45, 2.75) is 19.6 Å². The number of fused-ring (bicyclic) bond motifs is 1. The summed E-state index contributed by atoms with van der Waals surface area (Å²) in [4.78, 5) is 30.6. The van der Waals surface area contributed by atoms with Crippen molar-refractivity contribution in [3.05, 3.63) is 95.1 Å². The average Bonchev–Trinajstić information content (AvgIpc) is 2.98. The number of morpholine rings is 1. The molecule has 2 aliphatic rings. The maximum atomic E-state index is 13.4. The first-order valence-corrected chi connectivity index (χ1v) is 13.6. The highest BCUT2D eigenvalue weighted by atomic mass is 16.5. The molecule has 0 spiro atoms. The zero-order valence-electron chi connectivity index (χ0n) is 22.2. The normalized spacial score (nSPS) is 15.4. The standard InChI is InChI=1S/C31H36N4O4/c36-30(23-39-22-24-6-2-1-3-7-24)33-27-10-11-29(35-14-12-25-8-4-5-9-26(25)21-35)28(20-27)31(37)32-13-15-34-16-18-38-19-17-34/h1-11,20H,12-19,21-23H2,(H,32,37)(H,33,36). The second-order valence-corrected chi connectivity index (χ2v) is 9.91. The van der Waals surface area contributed by atoms with Crippen molar-refractivity contribution >= 4 is 23.2 Å². The van der Waals surface area contributed by atoms with Crippen LogP contribution in [0, 0.1) is 0 Å². The van der Waals surface area contributed by atoms with E-state index in [0.29, 0.717) is 24.4 Å². The Hall–Kier alpha value is -3.72. The Morgan fingerprint density at radius 3 is 2.49 bits per heavy atom. The van der Waals surface area contributed by atoms with E-state index in [4.69, 9.17) is 9.47 Å². The molecule has 1 saturated heterocycles. The lowest BCUT2D eigenvalue weighted by Gasteiger charge is -2.32. The Morgan fingerprint density at radius 2 is 1.67 bits per heavy atom. The fraction of sp³-hybridized carbons (Fsp3) is 0.355. The molecule has 2 amide bonds. The summed E-state index contributed by atoms with van der Waals surface area (Å²) in [6, 6.07) is 23.7. The predicted octanol–water partition coefficient (Wildman–Crippen LogP) is 3.47. The molecule has 39 heavy (non-hydrogen) atoms. The first kappa shape index (κ1) is 26.9. The third-order valence-corrected chi connectivity index (χ3v) is 7.16. The van der Waals surface area contributed by atoms with Gasteiger partial charge in [0.25, 0.3) is 5.91 Å². The van der Waals surface area contributed by atoms with Gasteiger partial charge in [-0.3, -0.25) is 14.5 Å². The highest BCUT2D eigenvalue weighted by Gasteiger charge is 2.22. The molecule has 8 heteroatoms. The molecular weight excluding hydrogens is 492 g/mol. The van der Waals surface area contributed by atoms with Crippen LogP contribution in [-0.2, 0) is 33.8 Å². The second-order valence-electron chi connectivity index (χ2n) is 9.91. The van der Waals surface area contributed by atoms with E-state index in [2.05, 4.69) is 44.7 Å². The summed E-state index contributed by atoms with van der Waals surface area (Å²) in [5.41, 5.74) is 5.63. The number of anilines is 2. The summed E-state index contributed by atoms with van der Waals surface area (Å²) in [5.74, 6) is -0.405. The van der Waals surface area contributed by atoms with E-state index in [0.717, 1.165) is 63.6 Å². The zero-order chi connectivity index (χ0) is 26.9. The minimum Gasteiger partial charge on any atom is -0.379 e. The van der Waals surface area contributed by atoms with Gasteiger partial charge in [0.2, 0.25) is 5.91 Å². The first-order valence-electron chi connectivity index (χ1n) is 13.6. The molecule has 0 radical (unpaired) electrons. The van der Waals surface area contributed by atoms with Gasteiger partial charge in [0.05, 0.1) is 25.4 Å². The van der Waals surface area contributed by atoms with Crippen LogP contribution in [0.3, 0.4) is 0 Å². The van der Waals surface area contributed by atoms with Gasteiger partial charge in [0, 0.05) is 50.6 Å². The number of hydrogen-bond donors (Lipinski definition) is 2. The number of carbonyl (C=O) groups is 2. The van der Waals surface area contributed by atoms with Crippen LogP contribution in [0.1, 0.15) is 27.0 Å². The molecule has 2 N–H and O–H groups in total. The lowest BCUT2D eigenvalue weighted by atomic mass is 9.98. The zero-order valence-corrected chi connectivity index (χ0v) is 22.2. The van der Waals surface area contributed by atoms with Gasteiger partial charge in [-0.05, 0) is 41.3 Å². The Kier molecular flexibility index (Phi) is 9.21. The monoisotopic (exact) mass is 528 g/mol. The summed E-state index contributed by atoms with van der Waals surface area (Å²) < 4.78 is 11.0. The van der Waals surface area contributed by atoms with E-state index in [9.17, 15) is 9.59 Å². The summed E-state index contributed by atoms with van der Waals surface area (Å²) in [7, 11) is 0. The number of amides is 2. The molecule has 2 aliphatic heterocycles. The molecule has 0 saturated carbocycles. The molecule has 0 unspecified atom stereocenters. The van der Waals surface area contributed by atoms with Gasteiger partial charge in [-0.2, -0.15) is 0 Å². The van der Waals surface area contributed by atoms with E-state index < -0.39 is 0 Å².